The molecule has 2 fully saturated rings. The monoisotopic (exact) mass is 520 g/mol. The van der Waals surface area contributed by atoms with Gasteiger partial charge in [-0.15, -0.1) is 0 Å². The van der Waals surface area contributed by atoms with Crippen LogP contribution in [0.4, 0.5) is 8.78 Å². The highest BCUT2D eigenvalue weighted by Crippen LogP contribution is 2.44. The van der Waals surface area contributed by atoms with Gasteiger partial charge in [0.1, 0.15) is 0 Å². The SMILES string of the molecule is C/C=C/CCc1ccc(C2CCC(C3CCC(CCc4ccc(CCCCC)c(F)c4F)CC3)CC2)cc1. The van der Waals surface area contributed by atoms with Gasteiger partial charge in [-0.05, 0) is 130 Å². The Labute approximate surface area is 231 Å². The molecular formula is C36H50F2. The van der Waals surface area contributed by atoms with E-state index in [0.29, 0.717) is 29.9 Å². The van der Waals surface area contributed by atoms with Crippen LogP contribution in [0.2, 0.25) is 0 Å². The van der Waals surface area contributed by atoms with Crippen LogP contribution in [0.1, 0.15) is 125 Å². The topological polar surface area (TPSA) is 0 Å². The molecule has 0 spiro atoms. The van der Waals surface area contributed by atoms with Crippen molar-refractivity contribution in [2.75, 3.05) is 0 Å². The van der Waals surface area contributed by atoms with E-state index in [4.69, 9.17) is 0 Å². The Morgan fingerprint density at radius 1 is 0.711 bits per heavy atom. The largest absolute Gasteiger partial charge is 0.203 e. The third kappa shape index (κ3) is 8.03. The number of halogens is 2. The molecule has 38 heavy (non-hydrogen) atoms. The maximum atomic E-state index is 14.7. The molecule has 2 aromatic rings. The van der Waals surface area contributed by atoms with Crippen LogP contribution in [0.3, 0.4) is 0 Å². The van der Waals surface area contributed by atoms with Gasteiger partial charge in [0, 0.05) is 0 Å². The minimum absolute atomic E-state index is 0.548. The van der Waals surface area contributed by atoms with E-state index in [0.717, 1.165) is 56.3 Å². The molecule has 2 aliphatic rings. The summed E-state index contributed by atoms with van der Waals surface area (Å²) in [6.07, 6.45) is 22.7. The first-order valence-electron chi connectivity index (χ1n) is 15.7. The van der Waals surface area contributed by atoms with Gasteiger partial charge in [-0.2, -0.15) is 0 Å². The lowest BCUT2D eigenvalue weighted by atomic mass is 9.68. The zero-order valence-electron chi connectivity index (χ0n) is 24.0. The molecule has 208 valence electrons. The summed E-state index contributed by atoms with van der Waals surface area (Å²) in [5.74, 6) is 1.98. The van der Waals surface area contributed by atoms with E-state index in [1.54, 1.807) is 5.56 Å². The number of rotatable bonds is 12. The molecular weight excluding hydrogens is 470 g/mol. The zero-order chi connectivity index (χ0) is 26.7. The van der Waals surface area contributed by atoms with Crippen molar-refractivity contribution in [1.82, 2.24) is 0 Å². The normalized spacial score (nSPS) is 24.2. The number of hydrogen-bond acceptors (Lipinski definition) is 0. The maximum absolute atomic E-state index is 14.7. The molecule has 0 nitrogen and oxygen atoms in total. The summed E-state index contributed by atoms with van der Waals surface area (Å²) in [5.41, 5.74) is 4.12. The fourth-order valence-electron chi connectivity index (χ4n) is 7.19. The number of allylic oxidation sites excluding steroid dienone is 2. The first kappa shape index (κ1) is 29.0. The lowest BCUT2D eigenvalue weighted by molar-refractivity contribution is 0.157. The van der Waals surface area contributed by atoms with Gasteiger partial charge in [0.05, 0.1) is 0 Å². The first-order valence-corrected chi connectivity index (χ1v) is 15.7. The summed E-state index contributed by atoms with van der Waals surface area (Å²) >= 11 is 0. The molecule has 0 aromatic heterocycles. The molecule has 0 N–H and O–H groups in total. The fraction of sp³-hybridized carbons (Fsp3) is 0.611. The summed E-state index contributed by atoms with van der Waals surface area (Å²) in [4.78, 5) is 0. The van der Waals surface area contributed by atoms with E-state index in [-0.39, 0.29) is 0 Å². The van der Waals surface area contributed by atoms with Crippen LogP contribution in [0.5, 0.6) is 0 Å². The average molecular weight is 521 g/mol. The molecule has 0 bridgehead atoms. The van der Waals surface area contributed by atoms with Gasteiger partial charge in [-0.1, -0.05) is 81.2 Å². The van der Waals surface area contributed by atoms with Crippen molar-refractivity contribution in [1.29, 1.82) is 0 Å². The Bertz CT molecular complexity index is 989. The van der Waals surface area contributed by atoms with Crippen LogP contribution in [-0.4, -0.2) is 0 Å². The molecule has 2 saturated carbocycles. The summed E-state index contributed by atoms with van der Waals surface area (Å²) < 4.78 is 29.2. The molecule has 0 heterocycles. The standard InChI is InChI=1S/C36H50F2/c1-3-5-7-9-27-11-16-29(17-12-27)31-21-23-32(24-22-31)30-18-13-28(14-19-30)15-20-34-26-25-33(10-8-6-4-2)35(37)36(34)38/h3,5,11-12,16-17,25-26,28,30-32H,4,6-10,13-15,18-24H2,1-2H3/b5-3+. The van der Waals surface area contributed by atoms with Crippen LogP contribution < -0.4 is 0 Å². The van der Waals surface area contributed by atoms with Crippen LogP contribution in [-0.2, 0) is 19.3 Å². The Morgan fingerprint density at radius 3 is 1.92 bits per heavy atom. The summed E-state index contributed by atoms with van der Waals surface area (Å²) in [6, 6.07) is 13.1. The molecule has 2 heteroatoms. The quantitative estimate of drug-likeness (QED) is 0.193. The van der Waals surface area contributed by atoms with Gasteiger partial charge in [0.15, 0.2) is 11.6 Å². The van der Waals surface area contributed by atoms with Gasteiger partial charge >= 0.3 is 0 Å². The van der Waals surface area contributed by atoms with E-state index < -0.39 is 11.6 Å². The predicted molar refractivity (Wildman–Crippen MR) is 158 cm³/mol. The van der Waals surface area contributed by atoms with Crippen LogP contribution in [0, 0.1) is 29.4 Å². The van der Waals surface area contributed by atoms with Gasteiger partial charge in [0.2, 0.25) is 0 Å². The lowest BCUT2D eigenvalue weighted by Gasteiger charge is -2.38. The summed E-state index contributed by atoms with van der Waals surface area (Å²) in [7, 11) is 0. The van der Waals surface area contributed by atoms with Crippen molar-refractivity contribution in [3.63, 3.8) is 0 Å². The third-order valence-electron chi connectivity index (χ3n) is 9.73. The molecule has 0 amide bonds. The minimum atomic E-state index is -0.599. The summed E-state index contributed by atoms with van der Waals surface area (Å²) in [5, 5.41) is 0. The van der Waals surface area contributed by atoms with Crippen LogP contribution in [0.15, 0.2) is 48.6 Å². The van der Waals surface area contributed by atoms with E-state index in [1.165, 1.54) is 56.9 Å². The minimum Gasteiger partial charge on any atom is -0.203 e. The molecule has 0 radical (unpaired) electrons. The van der Waals surface area contributed by atoms with E-state index in [1.807, 2.05) is 12.1 Å². The van der Waals surface area contributed by atoms with E-state index in [9.17, 15) is 8.78 Å². The molecule has 0 aliphatic heterocycles. The Balaban J connectivity index is 1.17. The van der Waals surface area contributed by atoms with Crippen molar-refractivity contribution in [3.8, 4) is 0 Å². The highest BCUT2D eigenvalue weighted by Gasteiger charge is 2.31. The molecule has 2 aromatic carbocycles. The van der Waals surface area contributed by atoms with Gasteiger partial charge in [-0.25, -0.2) is 8.78 Å². The van der Waals surface area contributed by atoms with Crippen LogP contribution in [0.25, 0.3) is 0 Å². The second kappa shape index (κ2) is 15.0. The van der Waals surface area contributed by atoms with Crippen molar-refractivity contribution in [3.05, 3.63) is 82.4 Å². The predicted octanol–water partition coefficient (Wildman–Crippen LogP) is 10.9. The maximum Gasteiger partial charge on any atom is 0.162 e. The Morgan fingerprint density at radius 2 is 1.32 bits per heavy atom. The molecule has 0 atom stereocenters. The van der Waals surface area contributed by atoms with Gasteiger partial charge in [0.25, 0.3) is 0 Å². The van der Waals surface area contributed by atoms with Crippen molar-refractivity contribution < 1.29 is 8.78 Å². The molecule has 2 aliphatic carbocycles. The highest BCUT2D eigenvalue weighted by molar-refractivity contribution is 5.27. The number of unbranched alkanes of at least 4 members (excludes halogenated alkanes) is 2. The fourth-order valence-corrected chi connectivity index (χ4v) is 7.19. The van der Waals surface area contributed by atoms with Crippen molar-refractivity contribution >= 4 is 0 Å². The van der Waals surface area contributed by atoms with Gasteiger partial charge in [-0.3, -0.25) is 0 Å². The smallest absolute Gasteiger partial charge is 0.162 e. The lowest BCUT2D eigenvalue weighted by Crippen LogP contribution is -2.25. The molecule has 0 saturated heterocycles. The Kier molecular flexibility index (Phi) is 11.5. The van der Waals surface area contributed by atoms with E-state index >= 15 is 0 Å². The summed E-state index contributed by atoms with van der Waals surface area (Å²) in [6.45, 7) is 4.22. The average Bonchev–Trinajstić information content (AvgIpc) is 2.96. The molecule has 4 rings (SSSR count). The number of aryl methyl sites for hydroxylation is 3. The highest BCUT2D eigenvalue weighted by atomic mass is 19.2. The number of benzene rings is 2. The Hall–Kier alpha value is -1.96. The third-order valence-corrected chi connectivity index (χ3v) is 9.73. The van der Waals surface area contributed by atoms with Gasteiger partial charge < -0.3 is 0 Å². The number of hydrogen-bond donors (Lipinski definition) is 0. The second-order valence-electron chi connectivity index (χ2n) is 12.2. The van der Waals surface area contributed by atoms with Crippen molar-refractivity contribution in [2.45, 2.75) is 122 Å². The first-order chi connectivity index (χ1) is 18.6. The van der Waals surface area contributed by atoms with Crippen LogP contribution >= 0.6 is 0 Å². The zero-order valence-corrected chi connectivity index (χ0v) is 24.0. The molecule has 0 unspecified atom stereocenters. The van der Waals surface area contributed by atoms with Crippen molar-refractivity contribution in [2.24, 2.45) is 17.8 Å². The van der Waals surface area contributed by atoms with E-state index in [2.05, 4.69) is 50.3 Å². The second-order valence-corrected chi connectivity index (χ2v) is 12.2.